The van der Waals surface area contributed by atoms with Gasteiger partial charge >= 0.3 is 0 Å². The highest BCUT2D eigenvalue weighted by molar-refractivity contribution is 6.30. The number of ether oxygens (including phenoxy) is 1. The van der Waals surface area contributed by atoms with Crippen molar-refractivity contribution in [2.75, 3.05) is 12.3 Å². The minimum Gasteiger partial charge on any atom is -0.493 e. The molecule has 0 aliphatic carbocycles. The van der Waals surface area contributed by atoms with E-state index in [0.717, 1.165) is 24.2 Å². The van der Waals surface area contributed by atoms with Gasteiger partial charge in [-0.05, 0) is 31.0 Å². The van der Waals surface area contributed by atoms with E-state index in [1.165, 1.54) is 6.20 Å². The highest BCUT2D eigenvalue weighted by atomic mass is 35.5. The van der Waals surface area contributed by atoms with Gasteiger partial charge < -0.3 is 10.5 Å². The first kappa shape index (κ1) is 12.8. The van der Waals surface area contributed by atoms with Crippen molar-refractivity contribution in [1.82, 2.24) is 9.78 Å². The molecule has 0 spiro atoms. The second-order valence-corrected chi connectivity index (χ2v) is 5.12. The van der Waals surface area contributed by atoms with Gasteiger partial charge in [0.1, 0.15) is 23.2 Å². The van der Waals surface area contributed by atoms with Gasteiger partial charge in [-0.25, -0.2) is 4.68 Å². The first-order valence-corrected chi connectivity index (χ1v) is 6.74. The number of nitrogens with zero attached hydrogens (tertiary/aromatic N) is 3. The van der Waals surface area contributed by atoms with E-state index in [1.807, 2.05) is 18.2 Å². The summed E-state index contributed by atoms with van der Waals surface area (Å²) in [6.07, 6.45) is 3.22. The molecule has 1 unspecified atom stereocenters. The van der Waals surface area contributed by atoms with Crippen LogP contribution in [0.1, 0.15) is 30.0 Å². The lowest BCUT2D eigenvalue weighted by Gasteiger charge is -2.18. The Labute approximate surface area is 121 Å². The van der Waals surface area contributed by atoms with Gasteiger partial charge in [0, 0.05) is 10.6 Å². The topological polar surface area (TPSA) is 76.9 Å². The monoisotopic (exact) mass is 288 g/mol. The highest BCUT2D eigenvalue weighted by Crippen LogP contribution is 2.37. The van der Waals surface area contributed by atoms with Gasteiger partial charge in [0.15, 0.2) is 0 Å². The Balaban J connectivity index is 2.12. The summed E-state index contributed by atoms with van der Waals surface area (Å²) in [6.45, 7) is 0.650. The number of nitriles is 1. The number of nitrogen functional groups attached to an aromatic ring is 1. The van der Waals surface area contributed by atoms with Crippen LogP contribution in [-0.2, 0) is 0 Å². The minimum absolute atomic E-state index is 0.0618. The summed E-state index contributed by atoms with van der Waals surface area (Å²) < 4.78 is 7.41. The third-order valence-corrected chi connectivity index (χ3v) is 3.70. The summed E-state index contributed by atoms with van der Waals surface area (Å²) in [6, 6.07) is 7.52. The molecular weight excluding hydrogens is 276 g/mol. The fraction of sp³-hybridized carbons (Fsp3) is 0.286. The number of fused-ring (bicyclic) bond motifs is 1. The van der Waals surface area contributed by atoms with Crippen LogP contribution < -0.4 is 10.5 Å². The van der Waals surface area contributed by atoms with Crippen molar-refractivity contribution < 1.29 is 4.74 Å². The van der Waals surface area contributed by atoms with E-state index < -0.39 is 0 Å². The zero-order valence-corrected chi connectivity index (χ0v) is 11.5. The van der Waals surface area contributed by atoms with Crippen molar-refractivity contribution in [1.29, 1.82) is 5.26 Å². The predicted octanol–water partition coefficient (Wildman–Crippen LogP) is 2.75. The van der Waals surface area contributed by atoms with Crippen molar-refractivity contribution in [2.24, 2.45) is 0 Å². The summed E-state index contributed by atoms with van der Waals surface area (Å²) in [4.78, 5) is 0. The highest BCUT2D eigenvalue weighted by Gasteiger charge is 2.24. The first-order chi connectivity index (χ1) is 9.70. The lowest BCUT2D eigenvalue weighted by Crippen LogP contribution is -2.14. The quantitative estimate of drug-likeness (QED) is 0.875. The number of nitrogens with two attached hydrogens (primary N) is 1. The molecule has 0 bridgehead atoms. The second kappa shape index (κ2) is 5.06. The second-order valence-electron chi connectivity index (χ2n) is 4.69. The Hall–Kier alpha value is -2.19. The van der Waals surface area contributed by atoms with E-state index in [9.17, 15) is 0 Å². The van der Waals surface area contributed by atoms with Crippen molar-refractivity contribution in [3.8, 4) is 11.8 Å². The molecule has 2 N–H and O–H groups in total. The van der Waals surface area contributed by atoms with Gasteiger partial charge in [0.05, 0.1) is 18.8 Å². The molecule has 1 aromatic carbocycles. The number of hydrogen-bond donors (Lipinski definition) is 1. The predicted molar refractivity (Wildman–Crippen MR) is 75.7 cm³/mol. The van der Waals surface area contributed by atoms with Crippen molar-refractivity contribution in [3.05, 3.63) is 40.5 Å². The molecule has 1 aliphatic heterocycles. The molecular formula is C14H13ClN4O. The molecule has 2 aromatic rings. The van der Waals surface area contributed by atoms with Gasteiger partial charge in [-0.15, -0.1) is 0 Å². The standard InChI is InChI=1S/C14H13ClN4O/c15-10-3-4-13-11(6-10)12(2-1-5-20-13)19-14(17)9(7-16)8-18-19/h3-4,6,8,12H,1-2,5,17H2. The SMILES string of the molecule is N#Cc1cnn(C2CCCOc3ccc(Cl)cc32)c1N. The lowest BCUT2D eigenvalue weighted by atomic mass is 10.0. The Kier molecular flexibility index (Phi) is 3.25. The van der Waals surface area contributed by atoms with Gasteiger partial charge in [-0.2, -0.15) is 10.4 Å². The molecule has 0 saturated carbocycles. The van der Waals surface area contributed by atoms with E-state index in [0.29, 0.717) is 23.0 Å². The van der Waals surface area contributed by atoms with Crippen LogP contribution in [-0.4, -0.2) is 16.4 Å². The zero-order chi connectivity index (χ0) is 14.1. The van der Waals surface area contributed by atoms with Crippen LogP contribution in [0.3, 0.4) is 0 Å². The third kappa shape index (κ3) is 2.08. The Bertz CT molecular complexity index is 689. The maximum Gasteiger partial charge on any atom is 0.140 e. The lowest BCUT2D eigenvalue weighted by molar-refractivity contribution is 0.315. The Morgan fingerprint density at radius 2 is 2.35 bits per heavy atom. The first-order valence-electron chi connectivity index (χ1n) is 6.36. The molecule has 2 heterocycles. The summed E-state index contributed by atoms with van der Waals surface area (Å²) >= 11 is 6.09. The van der Waals surface area contributed by atoms with E-state index in [4.69, 9.17) is 27.3 Å². The molecule has 0 fully saturated rings. The smallest absolute Gasteiger partial charge is 0.140 e. The van der Waals surface area contributed by atoms with E-state index in [2.05, 4.69) is 5.10 Å². The van der Waals surface area contributed by atoms with Crippen LogP contribution in [0.25, 0.3) is 0 Å². The number of halogens is 1. The third-order valence-electron chi connectivity index (χ3n) is 3.46. The molecule has 1 aliphatic rings. The number of aromatic nitrogens is 2. The Morgan fingerprint density at radius 1 is 1.50 bits per heavy atom. The van der Waals surface area contributed by atoms with Crippen LogP contribution in [0.5, 0.6) is 5.75 Å². The number of anilines is 1. The van der Waals surface area contributed by atoms with E-state index in [-0.39, 0.29) is 6.04 Å². The van der Waals surface area contributed by atoms with Crippen LogP contribution in [0.15, 0.2) is 24.4 Å². The van der Waals surface area contributed by atoms with E-state index in [1.54, 1.807) is 10.7 Å². The summed E-state index contributed by atoms with van der Waals surface area (Å²) in [5.74, 6) is 1.18. The average Bonchev–Trinajstić information content (AvgIpc) is 2.69. The maximum atomic E-state index is 9.00. The molecule has 102 valence electrons. The molecule has 0 saturated heterocycles. The van der Waals surface area contributed by atoms with Gasteiger partial charge in [-0.3, -0.25) is 0 Å². The van der Waals surface area contributed by atoms with Crippen LogP contribution >= 0.6 is 11.6 Å². The van der Waals surface area contributed by atoms with Crippen molar-refractivity contribution in [3.63, 3.8) is 0 Å². The summed E-state index contributed by atoms with van der Waals surface area (Å²) in [7, 11) is 0. The minimum atomic E-state index is -0.0618. The molecule has 1 aromatic heterocycles. The maximum absolute atomic E-state index is 9.00. The summed E-state index contributed by atoms with van der Waals surface area (Å²) in [5, 5.41) is 13.9. The number of hydrogen-bond acceptors (Lipinski definition) is 4. The molecule has 5 nitrogen and oxygen atoms in total. The van der Waals surface area contributed by atoms with E-state index >= 15 is 0 Å². The van der Waals surface area contributed by atoms with Crippen LogP contribution in [0.4, 0.5) is 5.82 Å². The van der Waals surface area contributed by atoms with Gasteiger partial charge in [-0.1, -0.05) is 11.6 Å². The largest absolute Gasteiger partial charge is 0.493 e. The van der Waals surface area contributed by atoms with Crippen molar-refractivity contribution in [2.45, 2.75) is 18.9 Å². The molecule has 3 rings (SSSR count). The molecule has 0 amide bonds. The fourth-order valence-electron chi connectivity index (χ4n) is 2.49. The average molecular weight is 289 g/mol. The van der Waals surface area contributed by atoms with Gasteiger partial charge in [0.25, 0.3) is 0 Å². The zero-order valence-electron chi connectivity index (χ0n) is 10.7. The van der Waals surface area contributed by atoms with Gasteiger partial charge in [0.2, 0.25) is 0 Å². The summed E-state index contributed by atoms with van der Waals surface area (Å²) in [5.41, 5.74) is 7.34. The molecule has 0 radical (unpaired) electrons. The van der Waals surface area contributed by atoms with Crippen molar-refractivity contribution >= 4 is 17.4 Å². The number of benzene rings is 1. The molecule has 6 heteroatoms. The van der Waals surface area contributed by atoms with Crippen LogP contribution in [0.2, 0.25) is 5.02 Å². The Morgan fingerprint density at radius 3 is 3.10 bits per heavy atom. The number of rotatable bonds is 1. The molecule has 1 atom stereocenters. The molecule has 20 heavy (non-hydrogen) atoms. The van der Waals surface area contributed by atoms with Crippen LogP contribution in [0, 0.1) is 11.3 Å². The fourth-order valence-corrected chi connectivity index (χ4v) is 2.67. The normalized spacial score (nSPS) is 17.7.